The summed E-state index contributed by atoms with van der Waals surface area (Å²) < 4.78 is 0. The van der Waals surface area contributed by atoms with Gasteiger partial charge in [0, 0.05) is 0 Å². The lowest BCUT2D eigenvalue weighted by Crippen LogP contribution is -1.90. The third-order valence-corrected chi connectivity index (χ3v) is 0.605. The van der Waals surface area contributed by atoms with Gasteiger partial charge in [0.2, 0.25) is 0 Å². The average molecular weight is 136 g/mol. The summed E-state index contributed by atoms with van der Waals surface area (Å²) in [6, 6.07) is 0. The number of rotatable bonds is 1. The molecule has 0 saturated heterocycles. The van der Waals surface area contributed by atoms with Crippen LogP contribution in [-0.4, -0.2) is 16.9 Å². The zero-order chi connectivity index (χ0) is 5.70. The van der Waals surface area contributed by atoms with E-state index in [4.69, 9.17) is 11.6 Å². The average Bonchev–Trinajstić information content (AvgIpc) is 1.68. The minimum absolute atomic E-state index is 0.121. The standard InChI is InChI=1S/C3H2ClNOS/c4-1-3(6)5-2-7/h1H2. The number of nitrogens with zero attached hydrogens (tertiary/aromatic N) is 1. The highest BCUT2D eigenvalue weighted by Gasteiger charge is 1.88. The number of halogens is 1. The predicted octanol–water partition coefficient (Wildman–Crippen LogP) is 0.855. The Morgan fingerprint density at radius 3 is 2.71 bits per heavy atom. The summed E-state index contributed by atoms with van der Waals surface area (Å²) in [5.41, 5.74) is 0. The van der Waals surface area contributed by atoms with Gasteiger partial charge in [0.15, 0.2) is 0 Å². The lowest BCUT2D eigenvalue weighted by molar-refractivity contribution is -0.115. The van der Waals surface area contributed by atoms with E-state index in [0.29, 0.717) is 0 Å². The van der Waals surface area contributed by atoms with Crippen molar-refractivity contribution in [2.45, 2.75) is 0 Å². The zero-order valence-electron chi connectivity index (χ0n) is 3.35. The van der Waals surface area contributed by atoms with Crippen molar-refractivity contribution in [3.05, 3.63) is 0 Å². The quantitative estimate of drug-likeness (QED) is 0.303. The molecule has 0 aliphatic carbocycles. The number of hydrogen-bond donors (Lipinski definition) is 0. The Balaban J connectivity index is 3.58. The molecule has 0 fully saturated rings. The number of aliphatic imine (C=N–C) groups is 1. The molecular formula is C3H2ClNOS. The van der Waals surface area contributed by atoms with Gasteiger partial charge in [-0.2, -0.15) is 4.99 Å². The zero-order valence-corrected chi connectivity index (χ0v) is 4.92. The lowest BCUT2D eigenvalue weighted by atomic mass is 10.7. The molecule has 2 nitrogen and oxygen atoms in total. The summed E-state index contributed by atoms with van der Waals surface area (Å²) in [7, 11) is 0. The first-order valence-corrected chi connectivity index (χ1v) is 2.42. The van der Waals surface area contributed by atoms with Crippen molar-refractivity contribution in [2.75, 3.05) is 5.88 Å². The molecule has 0 radical (unpaired) electrons. The van der Waals surface area contributed by atoms with Crippen LogP contribution in [0.25, 0.3) is 0 Å². The van der Waals surface area contributed by atoms with Crippen LogP contribution in [0.15, 0.2) is 4.99 Å². The fourth-order valence-electron chi connectivity index (χ4n) is 0.0808. The van der Waals surface area contributed by atoms with Crippen LogP contribution in [-0.2, 0) is 4.79 Å². The molecular weight excluding hydrogens is 134 g/mol. The van der Waals surface area contributed by atoms with E-state index >= 15 is 0 Å². The maximum absolute atomic E-state index is 9.98. The molecule has 0 N–H and O–H groups in total. The molecule has 0 spiro atoms. The number of alkyl halides is 1. The van der Waals surface area contributed by atoms with Gasteiger partial charge in [-0.1, -0.05) is 0 Å². The summed E-state index contributed by atoms with van der Waals surface area (Å²) in [5, 5.41) is 1.89. The first kappa shape index (κ1) is 6.76. The molecule has 0 aromatic rings. The minimum atomic E-state index is -0.448. The number of carbonyl (C=O) groups excluding carboxylic acids is 1. The molecule has 0 rings (SSSR count). The third kappa shape index (κ3) is 3.59. The molecule has 0 bridgehead atoms. The molecule has 0 aliphatic rings. The molecule has 7 heavy (non-hydrogen) atoms. The van der Waals surface area contributed by atoms with E-state index in [9.17, 15) is 4.79 Å². The summed E-state index contributed by atoms with van der Waals surface area (Å²) in [5.74, 6) is -0.569. The monoisotopic (exact) mass is 135 g/mol. The molecule has 0 saturated carbocycles. The molecule has 4 heteroatoms. The smallest absolute Gasteiger partial charge is 0.269 e. The number of thiocarbonyl (C=S) groups is 1. The second-order valence-electron chi connectivity index (χ2n) is 0.730. The van der Waals surface area contributed by atoms with Crippen molar-refractivity contribution in [2.24, 2.45) is 4.99 Å². The van der Waals surface area contributed by atoms with Crippen LogP contribution < -0.4 is 0 Å². The van der Waals surface area contributed by atoms with Crippen molar-refractivity contribution in [3.63, 3.8) is 0 Å². The van der Waals surface area contributed by atoms with E-state index in [-0.39, 0.29) is 5.88 Å². The van der Waals surface area contributed by atoms with Crippen molar-refractivity contribution in [1.29, 1.82) is 0 Å². The number of carbonyl (C=O) groups is 1. The van der Waals surface area contributed by atoms with E-state index in [1.54, 1.807) is 0 Å². The Morgan fingerprint density at radius 1 is 2.00 bits per heavy atom. The fraction of sp³-hybridized carbons (Fsp3) is 0.333. The second-order valence-corrected chi connectivity index (χ2v) is 1.18. The van der Waals surface area contributed by atoms with Crippen LogP contribution in [0, 0.1) is 0 Å². The highest BCUT2D eigenvalue weighted by molar-refractivity contribution is 7.78. The van der Waals surface area contributed by atoms with Gasteiger partial charge in [-0.15, -0.1) is 11.6 Å². The summed E-state index contributed by atoms with van der Waals surface area (Å²) in [4.78, 5) is 13.0. The van der Waals surface area contributed by atoms with Crippen LogP contribution in [0.1, 0.15) is 0 Å². The van der Waals surface area contributed by atoms with Crippen molar-refractivity contribution in [3.8, 4) is 0 Å². The topological polar surface area (TPSA) is 29.4 Å². The molecule has 0 unspecified atom stereocenters. The first-order chi connectivity index (χ1) is 3.31. The molecule has 0 atom stereocenters. The normalized spacial score (nSPS) is 7.00. The molecule has 0 aromatic carbocycles. The van der Waals surface area contributed by atoms with E-state index in [1.165, 1.54) is 0 Å². The van der Waals surface area contributed by atoms with Crippen LogP contribution in [0.4, 0.5) is 0 Å². The maximum Gasteiger partial charge on any atom is 0.269 e. The second kappa shape index (κ2) is 3.93. The van der Waals surface area contributed by atoms with Crippen molar-refractivity contribution < 1.29 is 4.79 Å². The van der Waals surface area contributed by atoms with E-state index in [0.717, 1.165) is 0 Å². The van der Waals surface area contributed by atoms with Crippen LogP contribution >= 0.6 is 23.8 Å². The van der Waals surface area contributed by atoms with E-state index < -0.39 is 5.91 Å². The van der Waals surface area contributed by atoms with Gasteiger partial charge in [-0.25, -0.2) is 0 Å². The third-order valence-electron chi connectivity index (χ3n) is 0.285. The van der Waals surface area contributed by atoms with Gasteiger partial charge < -0.3 is 0 Å². The Morgan fingerprint density at radius 2 is 2.57 bits per heavy atom. The number of isothiocyanates is 1. The molecule has 0 heterocycles. The van der Waals surface area contributed by atoms with Gasteiger partial charge in [0.25, 0.3) is 5.91 Å². The molecule has 0 aliphatic heterocycles. The van der Waals surface area contributed by atoms with Gasteiger partial charge in [-0.05, 0) is 12.2 Å². The Bertz CT molecular complexity index is 118. The fourth-order valence-corrected chi connectivity index (χ4v) is 0.242. The van der Waals surface area contributed by atoms with Gasteiger partial charge in [-0.3, -0.25) is 4.79 Å². The summed E-state index contributed by atoms with van der Waals surface area (Å²) >= 11 is 9.10. The summed E-state index contributed by atoms with van der Waals surface area (Å²) in [6.07, 6.45) is 0. The number of hydrogen-bond acceptors (Lipinski definition) is 2. The Hall–Kier alpha value is -0.240. The van der Waals surface area contributed by atoms with Crippen LogP contribution in [0.5, 0.6) is 0 Å². The summed E-state index contributed by atoms with van der Waals surface area (Å²) in [6.45, 7) is 0. The first-order valence-electron chi connectivity index (χ1n) is 1.48. The Kier molecular flexibility index (Phi) is 3.80. The van der Waals surface area contributed by atoms with Crippen molar-refractivity contribution >= 4 is 34.9 Å². The van der Waals surface area contributed by atoms with E-state index in [1.807, 2.05) is 5.16 Å². The van der Waals surface area contributed by atoms with Crippen LogP contribution in [0.2, 0.25) is 0 Å². The highest BCUT2D eigenvalue weighted by atomic mass is 35.5. The minimum Gasteiger partial charge on any atom is -0.270 e. The molecule has 0 aromatic heterocycles. The largest absolute Gasteiger partial charge is 0.270 e. The SMILES string of the molecule is O=C(CCl)N=C=S. The molecule has 1 amide bonds. The van der Waals surface area contributed by atoms with E-state index in [2.05, 4.69) is 17.2 Å². The lowest BCUT2D eigenvalue weighted by Gasteiger charge is -1.72. The highest BCUT2D eigenvalue weighted by Crippen LogP contribution is 1.76. The van der Waals surface area contributed by atoms with Crippen LogP contribution in [0.3, 0.4) is 0 Å². The van der Waals surface area contributed by atoms with Gasteiger partial charge in [0.05, 0.1) is 5.16 Å². The van der Waals surface area contributed by atoms with Crippen molar-refractivity contribution in [1.82, 2.24) is 0 Å². The van der Waals surface area contributed by atoms with Gasteiger partial charge >= 0.3 is 0 Å². The van der Waals surface area contributed by atoms with Gasteiger partial charge in [0.1, 0.15) is 5.88 Å². The molecule has 38 valence electrons. The maximum atomic E-state index is 9.98. The Labute approximate surface area is 51.2 Å². The predicted molar refractivity (Wildman–Crippen MR) is 30.8 cm³/mol. The number of amides is 1.